The first-order valence-electron chi connectivity index (χ1n) is 8.63. The highest BCUT2D eigenvalue weighted by Crippen LogP contribution is 2.25. The van der Waals surface area contributed by atoms with Gasteiger partial charge in [-0.1, -0.05) is 0 Å². The van der Waals surface area contributed by atoms with Gasteiger partial charge in [-0.25, -0.2) is 12.8 Å². The summed E-state index contributed by atoms with van der Waals surface area (Å²) in [5, 5.41) is 6.26. The van der Waals surface area contributed by atoms with E-state index in [-0.39, 0.29) is 22.5 Å². The number of carbonyl (C=O) groups excluding carboxylic acids is 1. The molecule has 0 aliphatic carbocycles. The summed E-state index contributed by atoms with van der Waals surface area (Å²) in [6.07, 6.45) is 4.44. The molecule has 0 radical (unpaired) electrons. The Morgan fingerprint density at radius 3 is 2.60 bits per heavy atom. The molecule has 2 fully saturated rings. The van der Waals surface area contributed by atoms with Crippen LogP contribution in [-0.4, -0.2) is 57.2 Å². The number of piperidine rings is 2. The summed E-state index contributed by atoms with van der Waals surface area (Å²) in [6, 6.07) is 3.52. The van der Waals surface area contributed by atoms with Gasteiger partial charge in [0.05, 0.1) is 10.6 Å². The van der Waals surface area contributed by atoms with Gasteiger partial charge in [-0.2, -0.15) is 0 Å². The van der Waals surface area contributed by atoms with E-state index in [2.05, 4.69) is 10.6 Å². The smallest absolute Gasteiger partial charge is 0.245 e. The summed E-state index contributed by atoms with van der Waals surface area (Å²) in [7, 11) is -3.46. The van der Waals surface area contributed by atoms with E-state index in [9.17, 15) is 17.6 Å². The van der Waals surface area contributed by atoms with Crippen LogP contribution in [0.2, 0.25) is 0 Å². The summed E-state index contributed by atoms with van der Waals surface area (Å²) in [5.41, 5.74) is 0.165. The Morgan fingerprint density at radius 1 is 1.24 bits per heavy atom. The van der Waals surface area contributed by atoms with Crippen LogP contribution in [-0.2, 0) is 14.6 Å². The number of likely N-dealkylation sites (tertiary alicyclic amines) is 1. The number of nitrogens with one attached hydrogen (secondary N) is 2. The van der Waals surface area contributed by atoms with E-state index >= 15 is 0 Å². The maximum Gasteiger partial charge on any atom is 0.245 e. The molecule has 8 heteroatoms. The topological polar surface area (TPSA) is 78.5 Å². The average Bonchev–Trinajstić information content (AvgIpc) is 2.58. The molecular formula is C17H24FN3O3S. The van der Waals surface area contributed by atoms with E-state index in [1.54, 1.807) is 0 Å². The second-order valence-corrected chi connectivity index (χ2v) is 8.78. The summed E-state index contributed by atoms with van der Waals surface area (Å²) < 4.78 is 37.3. The van der Waals surface area contributed by atoms with Crippen LogP contribution in [0.4, 0.5) is 10.1 Å². The van der Waals surface area contributed by atoms with Crippen molar-refractivity contribution >= 4 is 21.4 Å². The van der Waals surface area contributed by atoms with Crippen LogP contribution < -0.4 is 10.6 Å². The number of benzene rings is 1. The second kappa shape index (κ2) is 7.29. The molecule has 1 aromatic carbocycles. The molecule has 0 bridgehead atoms. The standard InChI is InChI=1S/C17H24FN3O3S/c1-25(23,24)13-4-5-15(14(18)11-13)20-16-3-2-10-21(17(16)22)12-6-8-19-9-7-12/h4-5,11-12,16,19-20H,2-3,6-10H2,1H3. The minimum atomic E-state index is -3.46. The molecule has 3 rings (SSSR count). The minimum absolute atomic E-state index is 0.00439. The molecular weight excluding hydrogens is 345 g/mol. The molecule has 25 heavy (non-hydrogen) atoms. The fourth-order valence-corrected chi connectivity index (χ4v) is 4.18. The van der Waals surface area contributed by atoms with Crippen molar-refractivity contribution < 1.29 is 17.6 Å². The van der Waals surface area contributed by atoms with Crippen LogP contribution in [0.25, 0.3) is 0 Å². The van der Waals surface area contributed by atoms with Crippen molar-refractivity contribution in [1.82, 2.24) is 10.2 Å². The predicted octanol–water partition coefficient (Wildman–Crippen LogP) is 1.38. The van der Waals surface area contributed by atoms with Gasteiger partial charge in [-0.05, 0) is 57.0 Å². The Balaban J connectivity index is 1.72. The van der Waals surface area contributed by atoms with E-state index in [4.69, 9.17) is 0 Å². The van der Waals surface area contributed by atoms with Gasteiger partial charge in [0.1, 0.15) is 11.9 Å². The molecule has 1 amide bonds. The van der Waals surface area contributed by atoms with Gasteiger partial charge in [0.2, 0.25) is 5.91 Å². The number of rotatable bonds is 4. The SMILES string of the molecule is CS(=O)(=O)c1ccc(NC2CCCN(C3CCNCC3)C2=O)c(F)c1. The van der Waals surface area contributed by atoms with Crippen molar-refractivity contribution in [2.24, 2.45) is 0 Å². The van der Waals surface area contributed by atoms with E-state index in [0.717, 1.165) is 51.2 Å². The van der Waals surface area contributed by atoms with Crippen molar-refractivity contribution in [3.63, 3.8) is 0 Å². The number of carbonyl (C=O) groups is 1. The van der Waals surface area contributed by atoms with Crippen LogP contribution >= 0.6 is 0 Å². The number of anilines is 1. The fraction of sp³-hybridized carbons (Fsp3) is 0.588. The summed E-state index contributed by atoms with van der Waals surface area (Å²) in [5.74, 6) is -0.653. The largest absolute Gasteiger partial charge is 0.371 e. The number of amides is 1. The fourth-order valence-electron chi connectivity index (χ4n) is 3.55. The molecule has 0 spiro atoms. The first-order valence-corrected chi connectivity index (χ1v) is 10.5. The second-order valence-electron chi connectivity index (χ2n) is 6.77. The normalized spacial score (nSPS) is 22.9. The zero-order valence-electron chi connectivity index (χ0n) is 14.3. The molecule has 2 N–H and O–H groups in total. The lowest BCUT2D eigenvalue weighted by atomic mass is 9.98. The number of nitrogens with zero attached hydrogens (tertiary/aromatic N) is 1. The van der Waals surface area contributed by atoms with Crippen molar-refractivity contribution in [2.75, 3.05) is 31.2 Å². The van der Waals surface area contributed by atoms with Crippen LogP contribution in [0.1, 0.15) is 25.7 Å². The molecule has 1 aromatic rings. The highest BCUT2D eigenvalue weighted by molar-refractivity contribution is 7.90. The third-order valence-electron chi connectivity index (χ3n) is 4.92. The van der Waals surface area contributed by atoms with Gasteiger partial charge >= 0.3 is 0 Å². The number of hydrogen-bond acceptors (Lipinski definition) is 5. The molecule has 0 aromatic heterocycles. The Kier molecular flexibility index (Phi) is 5.29. The van der Waals surface area contributed by atoms with Crippen molar-refractivity contribution in [3.05, 3.63) is 24.0 Å². The summed E-state index contributed by atoms with van der Waals surface area (Å²) in [4.78, 5) is 14.6. The first kappa shape index (κ1) is 18.1. The maximum atomic E-state index is 14.3. The van der Waals surface area contributed by atoms with Crippen LogP contribution in [0, 0.1) is 5.82 Å². The minimum Gasteiger partial charge on any atom is -0.371 e. The average molecular weight is 369 g/mol. The molecule has 1 unspecified atom stereocenters. The van der Waals surface area contributed by atoms with E-state index in [0.29, 0.717) is 6.42 Å². The van der Waals surface area contributed by atoms with Gasteiger partial charge in [-0.3, -0.25) is 4.79 Å². The lowest BCUT2D eigenvalue weighted by Gasteiger charge is -2.40. The van der Waals surface area contributed by atoms with Crippen LogP contribution in [0.15, 0.2) is 23.1 Å². The van der Waals surface area contributed by atoms with Crippen molar-refractivity contribution in [1.29, 1.82) is 0 Å². The number of hydrogen-bond donors (Lipinski definition) is 2. The van der Waals surface area contributed by atoms with E-state index < -0.39 is 21.7 Å². The van der Waals surface area contributed by atoms with E-state index in [1.807, 2.05) is 4.90 Å². The lowest BCUT2D eigenvalue weighted by Crippen LogP contribution is -2.54. The predicted molar refractivity (Wildman–Crippen MR) is 93.8 cm³/mol. The molecule has 2 aliphatic rings. The molecule has 1 atom stereocenters. The Morgan fingerprint density at radius 2 is 1.96 bits per heavy atom. The molecule has 138 valence electrons. The number of halogens is 1. The van der Waals surface area contributed by atoms with Gasteiger partial charge in [-0.15, -0.1) is 0 Å². The monoisotopic (exact) mass is 369 g/mol. The third-order valence-corrected chi connectivity index (χ3v) is 6.03. The quantitative estimate of drug-likeness (QED) is 0.838. The zero-order chi connectivity index (χ0) is 18.0. The van der Waals surface area contributed by atoms with Gasteiger partial charge in [0, 0.05) is 18.8 Å². The maximum absolute atomic E-state index is 14.3. The lowest BCUT2D eigenvalue weighted by molar-refractivity contribution is -0.137. The van der Waals surface area contributed by atoms with E-state index in [1.165, 1.54) is 12.1 Å². The van der Waals surface area contributed by atoms with Crippen LogP contribution in [0.3, 0.4) is 0 Å². The molecule has 2 saturated heterocycles. The van der Waals surface area contributed by atoms with Gasteiger partial charge < -0.3 is 15.5 Å². The summed E-state index contributed by atoms with van der Waals surface area (Å²) >= 11 is 0. The Hall–Kier alpha value is -1.67. The molecule has 2 heterocycles. The van der Waals surface area contributed by atoms with Gasteiger partial charge in [0.15, 0.2) is 9.84 Å². The van der Waals surface area contributed by atoms with Crippen molar-refractivity contribution in [2.45, 2.75) is 42.7 Å². The Labute approximate surface area is 147 Å². The molecule has 0 saturated carbocycles. The Bertz CT molecular complexity index is 748. The van der Waals surface area contributed by atoms with Crippen LogP contribution in [0.5, 0.6) is 0 Å². The highest BCUT2D eigenvalue weighted by Gasteiger charge is 2.34. The number of sulfone groups is 1. The summed E-state index contributed by atoms with van der Waals surface area (Å²) in [6.45, 7) is 2.57. The highest BCUT2D eigenvalue weighted by atomic mass is 32.2. The molecule has 2 aliphatic heterocycles. The first-order chi connectivity index (χ1) is 11.9. The third kappa shape index (κ3) is 4.12. The van der Waals surface area contributed by atoms with Crippen molar-refractivity contribution in [3.8, 4) is 0 Å². The molecule has 6 nitrogen and oxygen atoms in total. The zero-order valence-corrected chi connectivity index (χ0v) is 15.1. The van der Waals surface area contributed by atoms with Gasteiger partial charge in [0.25, 0.3) is 0 Å².